The molecule has 9 heteroatoms. The van der Waals surface area contributed by atoms with Crippen LogP contribution in [0.4, 0.5) is 5.69 Å². The molecule has 0 spiro atoms. The number of hydrogen-bond donors (Lipinski definition) is 0. The van der Waals surface area contributed by atoms with Gasteiger partial charge in [-0.1, -0.05) is 24.3 Å². The molecule has 2 heterocycles. The maximum atomic E-state index is 13.1. The second-order valence-corrected chi connectivity index (χ2v) is 8.52. The number of ether oxygens (including phenoxy) is 2. The van der Waals surface area contributed by atoms with Crippen LogP contribution < -0.4 is 9.75 Å². The number of fused-ring (bicyclic) bond motifs is 1. The van der Waals surface area contributed by atoms with Crippen LogP contribution in [0.3, 0.4) is 0 Å². The molecule has 152 valence electrons. The monoisotopic (exact) mass is 415 g/mol. The number of hydrazone groups is 1. The SMILES string of the molecule is COc1cccc(CN2N=C(C(=O)N3CCOCC3)S(=O)(=O)c3ccccc32)c1. The Morgan fingerprint density at radius 3 is 2.66 bits per heavy atom. The molecule has 1 saturated heterocycles. The predicted molar refractivity (Wildman–Crippen MR) is 108 cm³/mol. The van der Waals surface area contributed by atoms with E-state index in [0.717, 1.165) is 5.56 Å². The van der Waals surface area contributed by atoms with Crippen LogP contribution in [0.2, 0.25) is 0 Å². The molecule has 2 aromatic carbocycles. The lowest BCUT2D eigenvalue weighted by atomic mass is 10.2. The highest BCUT2D eigenvalue weighted by molar-refractivity contribution is 8.08. The van der Waals surface area contributed by atoms with E-state index < -0.39 is 20.8 Å². The predicted octanol–water partition coefficient (Wildman–Crippen LogP) is 1.66. The molecule has 1 amide bonds. The summed E-state index contributed by atoms with van der Waals surface area (Å²) in [6.45, 7) is 1.73. The number of amides is 1. The summed E-state index contributed by atoms with van der Waals surface area (Å²) in [5.74, 6) is 0.0902. The summed E-state index contributed by atoms with van der Waals surface area (Å²) in [4.78, 5) is 14.5. The maximum absolute atomic E-state index is 13.1. The third kappa shape index (κ3) is 3.70. The van der Waals surface area contributed by atoms with Crippen molar-refractivity contribution in [1.29, 1.82) is 0 Å². The summed E-state index contributed by atoms with van der Waals surface area (Å²) in [5, 5.41) is 5.39. The lowest BCUT2D eigenvalue weighted by molar-refractivity contribution is -0.127. The van der Waals surface area contributed by atoms with Gasteiger partial charge in [0, 0.05) is 13.1 Å². The Balaban J connectivity index is 1.75. The molecular formula is C20H21N3O5S. The molecule has 4 rings (SSSR count). The lowest BCUT2D eigenvalue weighted by Crippen LogP contribution is -2.47. The Labute approximate surface area is 169 Å². The van der Waals surface area contributed by atoms with Gasteiger partial charge >= 0.3 is 0 Å². The number of para-hydroxylation sites is 1. The smallest absolute Gasteiger partial charge is 0.286 e. The third-order valence-electron chi connectivity index (χ3n) is 4.85. The van der Waals surface area contributed by atoms with E-state index in [0.29, 0.717) is 44.3 Å². The summed E-state index contributed by atoms with van der Waals surface area (Å²) < 4.78 is 36.8. The first kappa shape index (κ1) is 19.4. The number of methoxy groups -OCH3 is 1. The Kier molecular flexibility index (Phi) is 5.25. The number of carbonyl (C=O) groups excluding carboxylic acids is 1. The zero-order valence-electron chi connectivity index (χ0n) is 15.9. The van der Waals surface area contributed by atoms with Crippen LogP contribution in [0.15, 0.2) is 58.5 Å². The van der Waals surface area contributed by atoms with Crippen molar-refractivity contribution in [3.63, 3.8) is 0 Å². The summed E-state index contributed by atoms with van der Waals surface area (Å²) in [7, 11) is -2.44. The van der Waals surface area contributed by atoms with Crippen molar-refractivity contribution in [2.45, 2.75) is 11.4 Å². The highest BCUT2D eigenvalue weighted by Crippen LogP contribution is 2.33. The first-order valence-corrected chi connectivity index (χ1v) is 10.7. The Hall–Kier alpha value is -2.91. The number of anilines is 1. The topological polar surface area (TPSA) is 88.5 Å². The quantitative estimate of drug-likeness (QED) is 0.755. The lowest BCUT2D eigenvalue weighted by Gasteiger charge is -2.31. The molecular weight excluding hydrogens is 394 g/mol. The zero-order chi connectivity index (χ0) is 20.4. The molecule has 29 heavy (non-hydrogen) atoms. The number of carbonyl (C=O) groups is 1. The maximum Gasteiger partial charge on any atom is 0.286 e. The van der Waals surface area contributed by atoms with E-state index >= 15 is 0 Å². The molecule has 2 aromatic rings. The largest absolute Gasteiger partial charge is 0.497 e. The van der Waals surface area contributed by atoms with Crippen LogP contribution in [0.1, 0.15) is 5.56 Å². The van der Waals surface area contributed by atoms with Gasteiger partial charge in [0.2, 0.25) is 14.9 Å². The van der Waals surface area contributed by atoms with Crippen LogP contribution in [0.5, 0.6) is 5.75 Å². The second-order valence-electron chi connectivity index (χ2n) is 6.69. The van der Waals surface area contributed by atoms with E-state index in [1.54, 1.807) is 30.3 Å². The Bertz CT molecular complexity index is 1060. The van der Waals surface area contributed by atoms with Crippen molar-refractivity contribution in [2.24, 2.45) is 5.10 Å². The minimum Gasteiger partial charge on any atom is -0.497 e. The second kappa shape index (κ2) is 7.84. The molecule has 8 nitrogen and oxygen atoms in total. The molecule has 0 radical (unpaired) electrons. The Morgan fingerprint density at radius 1 is 1.14 bits per heavy atom. The summed E-state index contributed by atoms with van der Waals surface area (Å²) in [5.41, 5.74) is 1.31. The molecule has 0 bridgehead atoms. The van der Waals surface area contributed by atoms with Crippen molar-refractivity contribution in [3.8, 4) is 5.75 Å². The van der Waals surface area contributed by atoms with Crippen LogP contribution in [0, 0.1) is 0 Å². The highest BCUT2D eigenvalue weighted by atomic mass is 32.2. The standard InChI is InChI=1S/C20H21N3O5S/c1-27-16-6-4-5-15(13-16)14-23-17-7-2-3-8-18(17)29(25,26)19(21-23)20(24)22-9-11-28-12-10-22/h2-8,13H,9-12,14H2,1H3. The van der Waals surface area contributed by atoms with Gasteiger partial charge in [0.25, 0.3) is 5.91 Å². The number of rotatable bonds is 4. The fraction of sp³-hybridized carbons (Fsp3) is 0.300. The normalized spacial score (nSPS) is 18.0. The Morgan fingerprint density at radius 2 is 1.90 bits per heavy atom. The van der Waals surface area contributed by atoms with Gasteiger partial charge in [-0.05, 0) is 29.8 Å². The molecule has 0 saturated carbocycles. The number of sulfone groups is 1. The molecule has 2 aliphatic heterocycles. The van der Waals surface area contributed by atoms with Crippen LogP contribution in [-0.4, -0.2) is 57.7 Å². The molecule has 2 aliphatic rings. The molecule has 0 atom stereocenters. The van der Waals surface area contributed by atoms with Crippen molar-refractivity contribution in [1.82, 2.24) is 4.90 Å². The minimum absolute atomic E-state index is 0.0782. The molecule has 0 aromatic heterocycles. The molecule has 0 unspecified atom stereocenters. The fourth-order valence-electron chi connectivity index (χ4n) is 3.34. The highest BCUT2D eigenvalue weighted by Gasteiger charge is 2.39. The van der Waals surface area contributed by atoms with Gasteiger partial charge in [-0.2, -0.15) is 5.10 Å². The van der Waals surface area contributed by atoms with Crippen LogP contribution in [0.25, 0.3) is 0 Å². The molecule has 1 fully saturated rings. The van der Waals surface area contributed by atoms with E-state index in [1.807, 2.05) is 24.3 Å². The van der Waals surface area contributed by atoms with E-state index in [1.165, 1.54) is 11.0 Å². The minimum atomic E-state index is -4.02. The van der Waals surface area contributed by atoms with E-state index in [2.05, 4.69) is 5.10 Å². The summed E-state index contributed by atoms with van der Waals surface area (Å²) >= 11 is 0. The van der Waals surface area contributed by atoms with E-state index in [4.69, 9.17) is 9.47 Å². The average molecular weight is 415 g/mol. The van der Waals surface area contributed by atoms with Gasteiger partial charge in [-0.15, -0.1) is 0 Å². The van der Waals surface area contributed by atoms with Crippen molar-refractivity contribution < 1.29 is 22.7 Å². The van der Waals surface area contributed by atoms with Gasteiger partial charge in [0.05, 0.1) is 37.5 Å². The van der Waals surface area contributed by atoms with Crippen molar-refractivity contribution >= 4 is 26.5 Å². The van der Waals surface area contributed by atoms with Gasteiger partial charge in [0.1, 0.15) is 5.75 Å². The number of morpholine rings is 1. The number of nitrogens with zero attached hydrogens (tertiary/aromatic N) is 3. The molecule has 0 aliphatic carbocycles. The van der Waals surface area contributed by atoms with E-state index in [-0.39, 0.29) is 4.90 Å². The summed E-state index contributed by atoms with van der Waals surface area (Å²) in [6.07, 6.45) is 0. The average Bonchev–Trinajstić information content (AvgIpc) is 2.76. The van der Waals surface area contributed by atoms with Crippen LogP contribution >= 0.6 is 0 Å². The van der Waals surface area contributed by atoms with Crippen LogP contribution in [-0.2, 0) is 25.9 Å². The van der Waals surface area contributed by atoms with Gasteiger partial charge < -0.3 is 14.4 Å². The summed E-state index contributed by atoms with van der Waals surface area (Å²) in [6, 6.07) is 14.0. The first-order chi connectivity index (χ1) is 14.0. The van der Waals surface area contributed by atoms with Crippen molar-refractivity contribution in [3.05, 3.63) is 54.1 Å². The first-order valence-electron chi connectivity index (χ1n) is 9.21. The van der Waals surface area contributed by atoms with Gasteiger partial charge in [-0.3, -0.25) is 9.80 Å². The molecule has 0 N–H and O–H groups in total. The van der Waals surface area contributed by atoms with Crippen molar-refractivity contribution in [2.75, 3.05) is 38.4 Å². The van der Waals surface area contributed by atoms with Gasteiger partial charge in [0.15, 0.2) is 0 Å². The number of hydrogen-bond acceptors (Lipinski definition) is 7. The van der Waals surface area contributed by atoms with Gasteiger partial charge in [-0.25, -0.2) is 8.42 Å². The third-order valence-corrected chi connectivity index (χ3v) is 6.54. The van der Waals surface area contributed by atoms with E-state index in [9.17, 15) is 13.2 Å². The zero-order valence-corrected chi connectivity index (χ0v) is 16.8. The number of benzene rings is 2. The fourth-order valence-corrected chi connectivity index (χ4v) is 4.82.